The number of thiazole rings is 1. The van der Waals surface area contributed by atoms with Crippen molar-refractivity contribution in [3.63, 3.8) is 0 Å². The van der Waals surface area contributed by atoms with E-state index in [2.05, 4.69) is 19.2 Å². The molecule has 190 valence electrons. The van der Waals surface area contributed by atoms with E-state index in [-0.39, 0.29) is 30.7 Å². The van der Waals surface area contributed by atoms with Gasteiger partial charge < -0.3 is 19.5 Å². The van der Waals surface area contributed by atoms with Gasteiger partial charge in [-0.2, -0.15) is 0 Å². The smallest absolute Gasteiger partial charge is 0.333 e. The maximum atomic E-state index is 13.3. The van der Waals surface area contributed by atoms with Crippen LogP contribution in [0.5, 0.6) is 11.5 Å². The van der Waals surface area contributed by atoms with Gasteiger partial charge in [-0.05, 0) is 43.4 Å². The Labute approximate surface area is 209 Å². The van der Waals surface area contributed by atoms with Gasteiger partial charge in [0, 0.05) is 17.7 Å². The Kier molecular flexibility index (Phi) is 9.14. The van der Waals surface area contributed by atoms with E-state index in [4.69, 9.17) is 14.2 Å². The van der Waals surface area contributed by atoms with Crippen LogP contribution in [0.25, 0.3) is 12.2 Å². The fraction of sp³-hybridized carbons (Fsp3) is 0.500. The van der Waals surface area contributed by atoms with Gasteiger partial charge in [0.15, 0.2) is 0 Å². The molecule has 1 fully saturated rings. The Morgan fingerprint density at radius 2 is 1.97 bits per heavy atom. The van der Waals surface area contributed by atoms with E-state index in [0.717, 1.165) is 30.6 Å². The van der Waals surface area contributed by atoms with Crippen molar-refractivity contribution in [2.24, 2.45) is 11.8 Å². The van der Waals surface area contributed by atoms with Crippen molar-refractivity contribution in [2.75, 3.05) is 20.8 Å². The minimum atomic E-state index is -0.564. The number of esters is 1. The number of benzene rings is 1. The first-order valence-electron chi connectivity index (χ1n) is 11.9. The molecule has 0 spiro atoms. The first kappa shape index (κ1) is 26.5. The van der Waals surface area contributed by atoms with Gasteiger partial charge in [0.2, 0.25) is 5.91 Å². The molecule has 0 bridgehead atoms. The molecule has 1 N–H and O–H groups in total. The summed E-state index contributed by atoms with van der Waals surface area (Å²) in [7, 11) is 3.10. The van der Waals surface area contributed by atoms with E-state index in [1.165, 1.54) is 17.8 Å². The Bertz CT molecular complexity index is 1230. The number of nitrogens with one attached hydrogen (secondary N) is 1. The summed E-state index contributed by atoms with van der Waals surface area (Å²) in [5.41, 5.74) is 0.319. The Morgan fingerprint density at radius 3 is 2.66 bits per heavy atom. The molecule has 1 aromatic carbocycles. The molecule has 3 rings (SSSR count). The van der Waals surface area contributed by atoms with Crippen molar-refractivity contribution in [2.45, 2.75) is 52.6 Å². The van der Waals surface area contributed by atoms with E-state index >= 15 is 0 Å². The molecule has 8 nitrogen and oxygen atoms in total. The van der Waals surface area contributed by atoms with Crippen LogP contribution in [0.4, 0.5) is 0 Å². The highest BCUT2D eigenvalue weighted by Gasteiger charge is 2.28. The predicted octanol–water partition coefficient (Wildman–Crippen LogP) is 2.04. The van der Waals surface area contributed by atoms with Crippen molar-refractivity contribution in [3.8, 4) is 11.5 Å². The summed E-state index contributed by atoms with van der Waals surface area (Å²) in [5.74, 6) is 1.25. The van der Waals surface area contributed by atoms with Gasteiger partial charge in [0.25, 0.3) is 5.56 Å². The lowest BCUT2D eigenvalue weighted by molar-refractivity contribution is -0.135. The zero-order valence-electron chi connectivity index (χ0n) is 21.0. The van der Waals surface area contributed by atoms with Gasteiger partial charge in [-0.3, -0.25) is 14.2 Å². The van der Waals surface area contributed by atoms with Crippen LogP contribution in [0, 0.1) is 11.8 Å². The quantitative estimate of drug-likeness (QED) is 0.555. The summed E-state index contributed by atoms with van der Waals surface area (Å²) in [6.07, 6.45) is 6.10. The third-order valence-electron chi connectivity index (χ3n) is 6.55. The molecule has 0 radical (unpaired) electrons. The maximum Gasteiger partial charge on any atom is 0.333 e. The topological polar surface area (TPSA) is 95.9 Å². The maximum absolute atomic E-state index is 13.3. The Balaban J connectivity index is 1.99. The number of aromatic nitrogens is 1. The van der Waals surface area contributed by atoms with Crippen LogP contribution in [0.3, 0.4) is 0 Å². The van der Waals surface area contributed by atoms with Gasteiger partial charge in [-0.1, -0.05) is 26.7 Å². The van der Waals surface area contributed by atoms with E-state index in [9.17, 15) is 14.4 Å². The van der Waals surface area contributed by atoms with Gasteiger partial charge in [-0.15, -0.1) is 11.3 Å². The van der Waals surface area contributed by atoms with Crippen molar-refractivity contribution in [1.82, 2.24) is 9.88 Å². The lowest BCUT2D eigenvalue weighted by Crippen LogP contribution is -2.46. The van der Waals surface area contributed by atoms with Gasteiger partial charge in [-0.25, -0.2) is 4.79 Å². The summed E-state index contributed by atoms with van der Waals surface area (Å²) in [5, 5.41) is 3.10. The average molecular weight is 503 g/mol. The standard InChI is InChI=1S/C26H34N2O6S/c1-6-34-25(30)14-24-28(15-23(29)27-20-9-7-8-16(2)17(20)3)26(31)22(35-24)12-18-10-11-19(32-4)13-21(18)33-5/h10-14,16-17,20H,6-9,15H2,1-5H3,(H,27,29). The molecule has 1 aromatic heterocycles. The SMILES string of the molecule is CCOC(=O)C=c1sc(=Cc2ccc(OC)cc2OC)c(=O)n1CC(=O)NC1CCCC(C)C1C. The normalized spacial score (nSPS) is 21.0. The molecule has 3 unspecified atom stereocenters. The molecule has 0 aliphatic heterocycles. The Morgan fingerprint density at radius 1 is 1.20 bits per heavy atom. The lowest BCUT2D eigenvalue weighted by atomic mass is 9.78. The molecule has 3 atom stereocenters. The first-order valence-corrected chi connectivity index (χ1v) is 12.7. The minimum absolute atomic E-state index is 0.0765. The zero-order chi connectivity index (χ0) is 25.5. The molecular formula is C26H34N2O6S. The summed E-state index contributed by atoms with van der Waals surface area (Å²) in [6, 6.07) is 5.36. The van der Waals surface area contributed by atoms with Crippen LogP contribution in [0.2, 0.25) is 0 Å². The summed E-state index contributed by atoms with van der Waals surface area (Å²) < 4.78 is 17.8. The number of carbonyl (C=O) groups is 2. The second-order valence-electron chi connectivity index (χ2n) is 8.79. The zero-order valence-corrected chi connectivity index (χ0v) is 21.8. The van der Waals surface area contributed by atoms with E-state index in [1.807, 2.05) is 0 Å². The van der Waals surface area contributed by atoms with Crippen molar-refractivity contribution >= 4 is 35.4 Å². The minimum Gasteiger partial charge on any atom is -0.497 e. The highest BCUT2D eigenvalue weighted by Crippen LogP contribution is 2.29. The Hall–Kier alpha value is -3.07. The van der Waals surface area contributed by atoms with Crippen LogP contribution in [0.15, 0.2) is 23.0 Å². The monoisotopic (exact) mass is 502 g/mol. The molecule has 0 saturated heterocycles. The van der Waals surface area contributed by atoms with Crippen LogP contribution in [-0.4, -0.2) is 43.3 Å². The highest BCUT2D eigenvalue weighted by atomic mass is 32.1. The van der Waals surface area contributed by atoms with Crippen molar-refractivity contribution < 1.29 is 23.8 Å². The lowest BCUT2D eigenvalue weighted by Gasteiger charge is -2.34. The number of hydrogen-bond donors (Lipinski definition) is 1. The van der Waals surface area contributed by atoms with Crippen molar-refractivity contribution in [3.05, 3.63) is 43.3 Å². The molecule has 1 heterocycles. The fourth-order valence-corrected chi connectivity index (χ4v) is 5.36. The van der Waals surface area contributed by atoms with Gasteiger partial charge >= 0.3 is 5.97 Å². The van der Waals surface area contributed by atoms with Crippen LogP contribution in [0.1, 0.15) is 45.6 Å². The number of carbonyl (C=O) groups excluding carboxylic acids is 2. The molecule has 1 aliphatic rings. The second-order valence-corrected chi connectivity index (χ2v) is 9.85. The molecular weight excluding hydrogens is 468 g/mol. The number of ether oxygens (including phenoxy) is 3. The third-order valence-corrected chi connectivity index (χ3v) is 7.61. The first-order chi connectivity index (χ1) is 16.8. The number of rotatable bonds is 8. The van der Waals surface area contributed by atoms with E-state index in [1.54, 1.807) is 38.3 Å². The average Bonchev–Trinajstić information content (AvgIpc) is 3.11. The summed E-state index contributed by atoms with van der Waals surface area (Å²) in [6.45, 7) is 6.11. The number of methoxy groups -OCH3 is 2. The van der Waals surface area contributed by atoms with E-state index < -0.39 is 5.97 Å². The molecule has 1 aliphatic carbocycles. The molecule has 35 heavy (non-hydrogen) atoms. The van der Waals surface area contributed by atoms with Gasteiger partial charge in [0.1, 0.15) is 22.7 Å². The number of nitrogens with zero attached hydrogens (tertiary/aromatic N) is 1. The number of hydrogen-bond acceptors (Lipinski definition) is 7. The largest absolute Gasteiger partial charge is 0.497 e. The molecule has 1 saturated carbocycles. The van der Waals surface area contributed by atoms with Crippen LogP contribution >= 0.6 is 11.3 Å². The highest BCUT2D eigenvalue weighted by molar-refractivity contribution is 7.07. The summed E-state index contributed by atoms with van der Waals surface area (Å²) >= 11 is 1.13. The fourth-order valence-electron chi connectivity index (χ4n) is 4.34. The molecule has 9 heteroatoms. The van der Waals surface area contributed by atoms with Crippen LogP contribution in [-0.2, 0) is 20.9 Å². The van der Waals surface area contributed by atoms with E-state index in [0.29, 0.717) is 38.1 Å². The van der Waals surface area contributed by atoms with Crippen molar-refractivity contribution in [1.29, 1.82) is 0 Å². The van der Waals surface area contributed by atoms with Crippen LogP contribution < -0.4 is 29.5 Å². The third kappa shape index (κ3) is 6.54. The molecule has 2 aromatic rings. The summed E-state index contributed by atoms with van der Waals surface area (Å²) in [4.78, 5) is 38.4. The predicted molar refractivity (Wildman–Crippen MR) is 136 cm³/mol. The number of amides is 1. The second kappa shape index (κ2) is 12.1. The molecule has 1 amide bonds. The van der Waals surface area contributed by atoms with Gasteiger partial charge in [0.05, 0.1) is 31.4 Å².